The summed E-state index contributed by atoms with van der Waals surface area (Å²) < 4.78 is 5.55. The lowest BCUT2D eigenvalue weighted by atomic mass is 10.0. The van der Waals surface area contributed by atoms with E-state index in [0.717, 1.165) is 31.4 Å². The molecule has 18 heavy (non-hydrogen) atoms. The number of nitrogens with zero attached hydrogens (tertiary/aromatic N) is 2. The summed E-state index contributed by atoms with van der Waals surface area (Å²) in [6.07, 6.45) is 2.00. The van der Waals surface area contributed by atoms with E-state index in [1.807, 2.05) is 6.20 Å². The standard InChI is InChI=1S/C13H23N3OS/c1-5-14-10(2)11-8-15-12(18-11)16-6-7-17-9-13(16,3)4/h8,10,14H,5-7,9H2,1-4H3. The maximum Gasteiger partial charge on any atom is 0.186 e. The van der Waals surface area contributed by atoms with Gasteiger partial charge >= 0.3 is 0 Å². The van der Waals surface area contributed by atoms with Crippen LogP contribution in [0.3, 0.4) is 0 Å². The number of hydrogen-bond donors (Lipinski definition) is 1. The molecule has 0 bridgehead atoms. The summed E-state index contributed by atoms with van der Waals surface area (Å²) in [6, 6.07) is 0.380. The minimum absolute atomic E-state index is 0.0365. The zero-order chi connectivity index (χ0) is 13.2. The fourth-order valence-electron chi connectivity index (χ4n) is 2.22. The van der Waals surface area contributed by atoms with E-state index < -0.39 is 0 Å². The Bertz CT molecular complexity index is 391. The van der Waals surface area contributed by atoms with E-state index in [-0.39, 0.29) is 5.54 Å². The average molecular weight is 269 g/mol. The first-order valence-electron chi connectivity index (χ1n) is 6.59. The minimum atomic E-state index is 0.0365. The third-order valence-corrected chi connectivity index (χ3v) is 4.53. The molecule has 1 unspecified atom stereocenters. The molecule has 2 heterocycles. The Labute approximate surface area is 113 Å². The number of ether oxygens (including phenoxy) is 1. The highest BCUT2D eigenvalue weighted by Gasteiger charge is 2.32. The largest absolute Gasteiger partial charge is 0.377 e. The molecule has 0 aromatic carbocycles. The van der Waals surface area contributed by atoms with Crippen molar-refractivity contribution in [2.45, 2.75) is 39.3 Å². The summed E-state index contributed by atoms with van der Waals surface area (Å²) in [5.74, 6) is 0. The van der Waals surface area contributed by atoms with E-state index in [0.29, 0.717) is 6.04 Å². The summed E-state index contributed by atoms with van der Waals surface area (Å²) in [5.41, 5.74) is 0.0365. The van der Waals surface area contributed by atoms with Gasteiger partial charge in [0.05, 0.1) is 18.8 Å². The molecule has 0 spiro atoms. The summed E-state index contributed by atoms with van der Waals surface area (Å²) in [6.45, 7) is 12.2. The second-order valence-corrected chi connectivity index (χ2v) is 6.38. The molecule has 1 fully saturated rings. The van der Waals surface area contributed by atoms with Crippen molar-refractivity contribution in [2.24, 2.45) is 0 Å². The number of aromatic nitrogens is 1. The highest BCUT2D eigenvalue weighted by molar-refractivity contribution is 7.15. The fourth-order valence-corrected chi connectivity index (χ4v) is 3.35. The van der Waals surface area contributed by atoms with Gasteiger partial charge in [-0.25, -0.2) is 4.98 Å². The van der Waals surface area contributed by atoms with Crippen molar-refractivity contribution in [1.29, 1.82) is 0 Å². The van der Waals surface area contributed by atoms with E-state index in [1.54, 1.807) is 11.3 Å². The number of hydrogen-bond acceptors (Lipinski definition) is 5. The fraction of sp³-hybridized carbons (Fsp3) is 0.769. The number of nitrogens with one attached hydrogen (secondary N) is 1. The molecule has 1 saturated heterocycles. The first-order valence-corrected chi connectivity index (χ1v) is 7.40. The number of rotatable bonds is 4. The third-order valence-electron chi connectivity index (χ3n) is 3.32. The zero-order valence-electron chi connectivity index (χ0n) is 11.7. The van der Waals surface area contributed by atoms with Gasteiger partial charge in [0.2, 0.25) is 0 Å². The summed E-state index contributed by atoms with van der Waals surface area (Å²) in [7, 11) is 0. The molecule has 0 saturated carbocycles. The van der Waals surface area contributed by atoms with Crippen LogP contribution in [0.4, 0.5) is 5.13 Å². The molecule has 1 aromatic rings. The molecular formula is C13H23N3OS. The lowest BCUT2D eigenvalue weighted by Gasteiger charge is -2.42. The number of anilines is 1. The molecule has 5 heteroatoms. The van der Waals surface area contributed by atoms with Gasteiger partial charge in [-0.1, -0.05) is 6.92 Å². The molecule has 0 aliphatic carbocycles. The van der Waals surface area contributed by atoms with Crippen LogP contribution in [0.25, 0.3) is 0 Å². The van der Waals surface area contributed by atoms with Crippen LogP contribution in [0, 0.1) is 0 Å². The van der Waals surface area contributed by atoms with E-state index in [9.17, 15) is 0 Å². The Morgan fingerprint density at radius 1 is 1.61 bits per heavy atom. The van der Waals surface area contributed by atoms with Gasteiger partial charge in [0.25, 0.3) is 0 Å². The molecular weight excluding hydrogens is 246 g/mol. The Hall–Kier alpha value is -0.650. The van der Waals surface area contributed by atoms with Crippen molar-refractivity contribution >= 4 is 16.5 Å². The van der Waals surface area contributed by atoms with Crippen LogP contribution in [0.1, 0.15) is 38.6 Å². The zero-order valence-corrected chi connectivity index (χ0v) is 12.5. The quantitative estimate of drug-likeness (QED) is 0.911. The van der Waals surface area contributed by atoms with E-state index in [2.05, 4.69) is 42.9 Å². The highest BCUT2D eigenvalue weighted by Crippen LogP contribution is 2.32. The molecule has 4 nitrogen and oxygen atoms in total. The van der Waals surface area contributed by atoms with Gasteiger partial charge in [-0.2, -0.15) is 0 Å². The topological polar surface area (TPSA) is 37.4 Å². The maximum absolute atomic E-state index is 5.55. The van der Waals surface area contributed by atoms with Crippen molar-refractivity contribution in [1.82, 2.24) is 10.3 Å². The van der Waals surface area contributed by atoms with Crippen LogP contribution in [0.5, 0.6) is 0 Å². The molecule has 102 valence electrons. The molecule has 1 aliphatic rings. The monoisotopic (exact) mass is 269 g/mol. The van der Waals surface area contributed by atoms with E-state index >= 15 is 0 Å². The molecule has 1 aromatic heterocycles. The maximum atomic E-state index is 5.55. The summed E-state index contributed by atoms with van der Waals surface area (Å²) >= 11 is 1.79. The van der Waals surface area contributed by atoms with E-state index in [4.69, 9.17) is 4.74 Å². The first-order chi connectivity index (χ1) is 8.54. The lowest BCUT2D eigenvalue weighted by molar-refractivity contribution is 0.0644. The van der Waals surface area contributed by atoms with Crippen LogP contribution in [-0.4, -0.2) is 36.8 Å². The molecule has 2 rings (SSSR count). The minimum Gasteiger partial charge on any atom is -0.377 e. The molecule has 0 amide bonds. The van der Waals surface area contributed by atoms with Gasteiger partial charge in [0, 0.05) is 23.7 Å². The predicted molar refractivity (Wildman–Crippen MR) is 76.4 cm³/mol. The molecule has 1 N–H and O–H groups in total. The van der Waals surface area contributed by atoms with Crippen molar-refractivity contribution < 1.29 is 4.74 Å². The van der Waals surface area contributed by atoms with Crippen molar-refractivity contribution in [3.63, 3.8) is 0 Å². The molecule has 1 aliphatic heterocycles. The predicted octanol–water partition coefficient (Wildman–Crippen LogP) is 2.43. The van der Waals surface area contributed by atoms with Gasteiger partial charge < -0.3 is 15.0 Å². The lowest BCUT2D eigenvalue weighted by Crippen LogP contribution is -2.53. The number of thiazole rings is 1. The van der Waals surface area contributed by atoms with Gasteiger partial charge in [-0.15, -0.1) is 11.3 Å². The number of morpholine rings is 1. The van der Waals surface area contributed by atoms with Crippen LogP contribution < -0.4 is 10.2 Å². The van der Waals surface area contributed by atoms with E-state index in [1.165, 1.54) is 4.88 Å². The second-order valence-electron chi connectivity index (χ2n) is 5.34. The average Bonchev–Trinajstić information content (AvgIpc) is 2.78. The van der Waals surface area contributed by atoms with Crippen LogP contribution in [0.15, 0.2) is 6.20 Å². The Morgan fingerprint density at radius 2 is 2.39 bits per heavy atom. The molecule has 1 atom stereocenters. The second kappa shape index (κ2) is 5.55. The van der Waals surface area contributed by atoms with Gasteiger partial charge in [0.1, 0.15) is 0 Å². The Balaban J connectivity index is 2.13. The van der Waals surface area contributed by atoms with Crippen molar-refractivity contribution in [2.75, 3.05) is 31.2 Å². The smallest absolute Gasteiger partial charge is 0.186 e. The normalized spacial score (nSPS) is 21.0. The van der Waals surface area contributed by atoms with Gasteiger partial charge in [-0.3, -0.25) is 0 Å². The Kier molecular flexibility index (Phi) is 4.25. The molecule has 0 radical (unpaired) electrons. The van der Waals surface area contributed by atoms with Gasteiger partial charge in [-0.05, 0) is 27.3 Å². The van der Waals surface area contributed by atoms with Crippen molar-refractivity contribution in [3.8, 4) is 0 Å². The first kappa shape index (κ1) is 13.8. The van der Waals surface area contributed by atoms with Crippen LogP contribution in [-0.2, 0) is 4.74 Å². The van der Waals surface area contributed by atoms with Crippen LogP contribution >= 0.6 is 11.3 Å². The SMILES string of the molecule is CCNC(C)c1cnc(N2CCOCC2(C)C)s1. The summed E-state index contributed by atoms with van der Waals surface area (Å²) in [5, 5.41) is 4.54. The van der Waals surface area contributed by atoms with Crippen LogP contribution in [0.2, 0.25) is 0 Å². The third kappa shape index (κ3) is 2.84. The Morgan fingerprint density at radius 3 is 3.06 bits per heavy atom. The van der Waals surface area contributed by atoms with Crippen molar-refractivity contribution in [3.05, 3.63) is 11.1 Å². The highest BCUT2D eigenvalue weighted by atomic mass is 32.1. The van der Waals surface area contributed by atoms with Gasteiger partial charge in [0.15, 0.2) is 5.13 Å². The summed E-state index contributed by atoms with van der Waals surface area (Å²) in [4.78, 5) is 8.25.